The Bertz CT molecular complexity index is 589. The van der Waals surface area contributed by atoms with E-state index in [0.717, 1.165) is 21.5 Å². The van der Waals surface area contributed by atoms with E-state index in [1.165, 1.54) is 31.6 Å². The number of aromatic nitrogens is 1. The lowest BCUT2D eigenvalue weighted by Crippen LogP contribution is -2.17. The van der Waals surface area contributed by atoms with Crippen molar-refractivity contribution in [1.29, 1.82) is 0 Å². The maximum absolute atomic E-state index is 4.40. The molecule has 1 aromatic heterocycles. The van der Waals surface area contributed by atoms with Gasteiger partial charge in [0.05, 0.1) is 4.47 Å². The van der Waals surface area contributed by atoms with Gasteiger partial charge >= 0.3 is 0 Å². The van der Waals surface area contributed by atoms with Crippen LogP contribution in [0.5, 0.6) is 0 Å². The van der Waals surface area contributed by atoms with Gasteiger partial charge in [-0.2, -0.15) is 0 Å². The summed E-state index contributed by atoms with van der Waals surface area (Å²) >= 11 is 3.54. The third-order valence-corrected chi connectivity index (χ3v) is 4.18. The van der Waals surface area contributed by atoms with Gasteiger partial charge in [0, 0.05) is 30.7 Å². The normalized spacial score (nSPS) is 14.6. The van der Waals surface area contributed by atoms with E-state index < -0.39 is 0 Å². The first kappa shape index (κ1) is 13.4. The van der Waals surface area contributed by atoms with E-state index in [2.05, 4.69) is 61.5 Å². The van der Waals surface area contributed by atoms with E-state index in [0.29, 0.717) is 0 Å². The van der Waals surface area contributed by atoms with Crippen molar-refractivity contribution in [1.82, 2.24) is 4.98 Å². The van der Waals surface area contributed by atoms with Crippen LogP contribution in [0, 0.1) is 6.92 Å². The third-order valence-electron chi connectivity index (χ3n) is 3.58. The molecule has 0 bridgehead atoms. The Balaban J connectivity index is 1.74. The SMILES string of the molecule is Cc1cnc(Nc2ccc(N3CCCC3)cc2)c(Br)c1. The molecule has 20 heavy (non-hydrogen) atoms. The van der Waals surface area contributed by atoms with Gasteiger partial charge in [0.25, 0.3) is 0 Å². The number of nitrogens with one attached hydrogen (secondary N) is 1. The molecule has 1 aliphatic heterocycles. The first-order chi connectivity index (χ1) is 9.72. The van der Waals surface area contributed by atoms with E-state index in [9.17, 15) is 0 Å². The molecule has 0 amide bonds. The summed E-state index contributed by atoms with van der Waals surface area (Å²) in [5.41, 5.74) is 3.51. The van der Waals surface area contributed by atoms with Crippen LogP contribution in [-0.4, -0.2) is 18.1 Å². The number of benzene rings is 1. The lowest BCUT2D eigenvalue weighted by atomic mass is 10.2. The van der Waals surface area contributed by atoms with Crippen LogP contribution in [0.4, 0.5) is 17.2 Å². The minimum atomic E-state index is 0.851. The number of rotatable bonds is 3. The molecule has 1 fully saturated rings. The van der Waals surface area contributed by atoms with Crippen LogP contribution >= 0.6 is 15.9 Å². The zero-order chi connectivity index (χ0) is 13.9. The molecule has 0 aliphatic carbocycles. The fourth-order valence-corrected chi connectivity index (χ4v) is 3.06. The fourth-order valence-electron chi connectivity index (χ4n) is 2.49. The zero-order valence-corrected chi connectivity index (χ0v) is 13.2. The Morgan fingerprint density at radius 3 is 2.50 bits per heavy atom. The molecule has 0 atom stereocenters. The molecule has 0 spiro atoms. The Kier molecular flexibility index (Phi) is 3.92. The molecule has 3 nitrogen and oxygen atoms in total. The smallest absolute Gasteiger partial charge is 0.144 e. The van der Waals surface area contributed by atoms with Crippen LogP contribution in [0.3, 0.4) is 0 Å². The standard InChI is InChI=1S/C16H18BrN3/c1-12-10-15(17)16(18-11-12)19-13-4-6-14(7-5-13)20-8-2-3-9-20/h4-7,10-11H,2-3,8-9H2,1H3,(H,18,19). The second kappa shape index (κ2) is 5.83. The molecule has 4 heteroatoms. The monoisotopic (exact) mass is 331 g/mol. The van der Waals surface area contributed by atoms with Crippen LogP contribution in [0.15, 0.2) is 41.0 Å². The second-order valence-electron chi connectivity index (χ2n) is 5.21. The van der Waals surface area contributed by atoms with Crippen molar-refractivity contribution in [3.63, 3.8) is 0 Å². The molecular weight excluding hydrogens is 314 g/mol. The van der Waals surface area contributed by atoms with E-state index in [1.54, 1.807) is 0 Å². The maximum atomic E-state index is 4.40. The largest absolute Gasteiger partial charge is 0.372 e. The molecule has 1 saturated heterocycles. The van der Waals surface area contributed by atoms with E-state index in [1.807, 2.05) is 13.1 Å². The second-order valence-corrected chi connectivity index (χ2v) is 6.06. The number of halogens is 1. The number of hydrogen-bond acceptors (Lipinski definition) is 3. The third kappa shape index (κ3) is 2.96. The average Bonchev–Trinajstić information content (AvgIpc) is 2.97. The highest BCUT2D eigenvalue weighted by Crippen LogP contribution is 2.26. The summed E-state index contributed by atoms with van der Waals surface area (Å²) in [6.45, 7) is 4.39. The predicted octanol–water partition coefficient (Wildman–Crippen LogP) is 4.50. The summed E-state index contributed by atoms with van der Waals surface area (Å²) in [5.74, 6) is 0.851. The van der Waals surface area contributed by atoms with Gasteiger partial charge in [-0.15, -0.1) is 0 Å². The Labute approximate surface area is 128 Å². The molecular formula is C16H18BrN3. The molecule has 0 unspecified atom stereocenters. The zero-order valence-electron chi connectivity index (χ0n) is 11.6. The highest BCUT2D eigenvalue weighted by Gasteiger charge is 2.11. The van der Waals surface area contributed by atoms with Crippen LogP contribution in [-0.2, 0) is 0 Å². The van der Waals surface area contributed by atoms with Crippen LogP contribution < -0.4 is 10.2 Å². The Morgan fingerprint density at radius 2 is 1.85 bits per heavy atom. The number of nitrogens with zero attached hydrogens (tertiary/aromatic N) is 2. The van der Waals surface area contributed by atoms with Gasteiger partial charge in [0.1, 0.15) is 5.82 Å². The van der Waals surface area contributed by atoms with Crippen molar-refractivity contribution in [2.45, 2.75) is 19.8 Å². The molecule has 1 aliphatic rings. The summed E-state index contributed by atoms with van der Waals surface area (Å²) in [7, 11) is 0. The van der Waals surface area contributed by atoms with Gasteiger partial charge in [0.2, 0.25) is 0 Å². The van der Waals surface area contributed by atoms with Crippen molar-refractivity contribution in [3.8, 4) is 0 Å². The maximum Gasteiger partial charge on any atom is 0.144 e. The van der Waals surface area contributed by atoms with Gasteiger partial charge in [-0.05, 0) is 71.6 Å². The predicted molar refractivity (Wildman–Crippen MR) is 87.8 cm³/mol. The van der Waals surface area contributed by atoms with Crippen LogP contribution in [0.25, 0.3) is 0 Å². The average molecular weight is 332 g/mol. The molecule has 2 heterocycles. The van der Waals surface area contributed by atoms with E-state index in [4.69, 9.17) is 0 Å². The van der Waals surface area contributed by atoms with E-state index in [-0.39, 0.29) is 0 Å². The quantitative estimate of drug-likeness (QED) is 0.897. The van der Waals surface area contributed by atoms with Crippen molar-refractivity contribution >= 4 is 33.1 Å². The van der Waals surface area contributed by atoms with Gasteiger partial charge in [-0.25, -0.2) is 4.98 Å². The first-order valence-corrected chi connectivity index (χ1v) is 7.76. The molecule has 1 aromatic carbocycles. The highest BCUT2D eigenvalue weighted by atomic mass is 79.9. The molecule has 104 valence electrons. The van der Waals surface area contributed by atoms with Gasteiger partial charge in [-0.3, -0.25) is 0 Å². The van der Waals surface area contributed by atoms with E-state index >= 15 is 0 Å². The van der Waals surface area contributed by atoms with Crippen molar-refractivity contribution < 1.29 is 0 Å². The lowest BCUT2D eigenvalue weighted by Gasteiger charge is -2.18. The number of pyridine rings is 1. The summed E-state index contributed by atoms with van der Waals surface area (Å²) in [6.07, 6.45) is 4.48. The lowest BCUT2D eigenvalue weighted by molar-refractivity contribution is 0.949. The molecule has 3 rings (SSSR count). The first-order valence-electron chi connectivity index (χ1n) is 6.96. The number of aryl methyl sites for hydroxylation is 1. The van der Waals surface area contributed by atoms with Crippen molar-refractivity contribution in [2.75, 3.05) is 23.3 Å². The fraction of sp³-hybridized carbons (Fsp3) is 0.312. The molecule has 2 aromatic rings. The Morgan fingerprint density at radius 1 is 1.15 bits per heavy atom. The van der Waals surface area contributed by atoms with Gasteiger partial charge in [0.15, 0.2) is 0 Å². The van der Waals surface area contributed by atoms with Crippen molar-refractivity contribution in [2.24, 2.45) is 0 Å². The summed E-state index contributed by atoms with van der Waals surface area (Å²) in [5, 5.41) is 3.34. The van der Waals surface area contributed by atoms with Gasteiger partial charge < -0.3 is 10.2 Å². The summed E-state index contributed by atoms with van der Waals surface area (Å²) < 4.78 is 0.987. The highest BCUT2D eigenvalue weighted by molar-refractivity contribution is 9.10. The van der Waals surface area contributed by atoms with Crippen LogP contribution in [0.1, 0.15) is 18.4 Å². The molecule has 1 N–H and O–H groups in total. The molecule has 0 radical (unpaired) electrons. The van der Waals surface area contributed by atoms with Crippen molar-refractivity contribution in [3.05, 3.63) is 46.6 Å². The van der Waals surface area contributed by atoms with Crippen LogP contribution in [0.2, 0.25) is 0 Å². The minimum Gasteiger partial charge on any atom is -0.372 e. The minimum absolute atomic E-state index is 0.851. The number of anilines is 3. The Hall–Kier alpha value is -1.55. The summed E-state index contributed by atoms with van der Waals surface area (Å²) in [4.78, 5) is 6.84. The van der Waals surface area contributed by atoms with Gasteiger partial charge in [-0.1, -0.05) is 0 Å². The summed E-state index contributed by atoms with van der Waals surface area (Å²) in [6, 6.07) is 10.6. The topological polar surface area (TPSA) is 28.2 Å². The molecule has 0 saturated carbocycles. The number of hydrogen-bond donors (Lipinski definition) is 1.